The number of rotatable bonds is 2. The smallest absolute Gasteiger partial charge is 0.326 e. The van der Waals surface area contributed by atoms with Gasteiger partial charge in [-0.3, -0.25) is 4.79 Å². The van der Waals surface area contributed by atoms with E-state index < -0.39 is 18.1 Å². The molecule has 0 spiro atoms. The Kier molecular flexibility index (Phi) is 5.03. The fraction of sp³-hybridized carbons (Fsp3) is 0.786. The number of hydrogen-bond acceptors (Lipinski definition) is 3. The summed E-state index contributed by atoms with van der Waals surface area (Å²) < 4.78 is 0. The molecule has 2 atom stereocenters. The van der Waals surface area contributed by atoms with Crippen LogP contribution in [0.2, 0.25) is 0 Å². The van der Waals surface area contributed by atoms with Crippen LogP contribution in [0.4, 0.5) is 4.79 Å². The standard InChI is InChI=1S/C14H23N3O4/c1-2-10-12(18)15-7-9-17(10)14(21)16-8-5-3-4-6-11(16)13(19)20/h10-11H,2-9H2,1H3,(H,15,18)(H,19,20). The molecular weight excluding hydrogens is 274 g/mol. The predicted molar refractivity (Wildman–Crippen MR) is 75.8 cm³/mol. The van der Waals surface area contributed by atoms with Crippen molar-refractivity contribution in [2.75, 3.05) is 19.6 Å². The number of carbonyl (C=O) groups excluding carboxylic acids is 2. The summed E-state index contributed by atoms with van der Waals surface area (Å²) in [5.41, 5.74) is 0. The second kappa shape index (κ2) is 6.78. The number of urea groups is 1. The molecule has 2 aliphatic rings. The molecule has 0 aromatic heterocycles. The van der Waals surface area contributed by atoms with E-state index in [9.17, 15) is 19.5 Å². The molecule has 118 valence electrons. The van der Waals surface area contributed by atoms with E-state index in [2.05, 4.69) is 5.32 Å². The van der Waals surface area contributed by atoms with E-state index in [1.807, 2.05) is 6.92 Å². The van der Waals surface area contributed by atoms with Gasteiger partial charge in [-0.25, -0.2) is 9.59 Å². The van der Waals surface area contributed by atoms with E-state index in [1.165, 1.54) is 9.80 Å². The van der Waals surface area contributed by atoms with Gasteiger partial charge in [-0.15, -0.1) is 0 Å². The quantitative estimate of drug-likeness (QED) is 0.783. The number of carboxylic acids is 1. The van der Waals surface area contributed by atoms with Crippen molar-refractivity contribution < 1.29 is 19.5 Å². The number of hydrogen-bond donors (Lipinski definition) is 2. The highest BCUT2D eigenvalue weighted by Crippen LogP contribution is 2.21. The maximum absolute atomic E-state index is 12.7. The van der Waals surface area contributed by atoms with Gasteiger partial charge in [-0.1, -0.05) is 19.8 Å². The molecule has 0 radical (unpaired) electrons. The molecule has 2 heterocycles. The van der Waals surface area contributed by atoms with Crippen LogP contribution < -0.4 is 5.32 Å². The largest absolute Gasteiger partial charge is 0.480 e. The number of nitrogens with one attached hydrogen (secondary N) is 1. The number of carbonyl (C=O) groups is 3. The Balaban J connectivity index is 2.18. The van der Waals surface area contributed by atoms with Gasteiger partial charge in [0.05, 0.1) is 0 Å². The van der Waals surface area contributed by atoms with Crippen molar-refractivity contribution in [3.05, 3.63) is 0 Å². The summed E-state index contributed by atoms with van der Waals surface area (Å²) in [5, 5.41) is 12.1. The minimum absolute atomic E-state index is 0.154. The van der Waals surface area contributed by atoms with Crippen LogP contribution >= 0.6 is 0 Å². The molecule has 2 saturated heterocycles. The molecule has 0 aromatic rings. The second-order valence-electron chi connectivity index (χ2n) is 5.59. The molecule has 7 heteroatoms. The highest BCUT2D eigenvalue weighted by Gasteiger charge is 2.38. The fourth-order valence-corrected chi connectivity index (χ4v) is 3.11. The molecule has 0 bridgehead atoms. The van der Waals surface area contributed by atoms with Gasteiger partial charge < -0.3 is 20.2 Å². The Morgan fingerprint density at radius 3 is 2.67 bits per heavy atom. The molecule has 2 rings (SSSR count). The van der Waals surface area contributed by atoms with Crippen molar-refractivity contribution in [3.63, 3.8) is 0 Å². The van der Waals surface area contributed by atoms with Crippen LogP contribution in [0.3, 0.4) is 0 Å². The maximum atomic E-state index is 12.7. The number of likely N-dealkylation sites (tertiary alicyclic amines) is 1. The monoisotopic (exact) mass is 297 g/mol. The summed E-state index contributed by atoms with van der Waals surface area (Å²) in [6.07, 6.45) is 3.58. The number of nitrogens with zero attached hydrogens (tertiary/aromatic N) is 2. The Morgan fingerprint density at radius 1 is 1.24 bits per heavy atom. The zero-order chi connectivity index (χ0) is 15.4. The van der Waals surface area contributed by atoms with Gasteiger partial charge in [0.2, 0.25) is 5.91 Å². The van der Waals surface area contributed by atoms with Gasteiger partial charge >= 0.3 is 12.0 Å². The lowest BCUT2D eigenvalue weighted by atomic mass is 10.1. The van der Waals surface area contributed by atoms with Crippen molar-refractivity contribution in [2.45, 2.75) is 51.1 Å². The molecule has 0 aliphatic carbocycles. The summed E-state index contributed by atoms with van der Waals surface area (Å²) in [6.45, 7) is 3.16. The van der Waals surface area contributed by atoms with Gasteiger partial charge in [0.1, 0.15) is 12.1 Å². The van der Waals surface area contributed by atoms with E-state index in [0.717, 1.165) is 19.3 Å². The maximum Gasteiger partial charge on any atom is 0.326 e. The predicted octanol–water partition coefficient (Wildman–Crippen LogP) is 0.646. The molecule has 2 N–H and O–H groups in total. The third-order valence-electron chi connectivity index (χ3n) is 4.25. The summed E-state index contributed by atoms with van der Waals surface area (Å²) in [5.74, 6) is -1.11. The highest BCUT2D eigenvalue weighted by molar-refractivity contribution is 5.89. The molecule has 2 aliphatic heterocycles. The van der Waals surface area contributed by atoms with E-state index in [4.69, 9.17) is 0 Å². The zero-order valence-electron chi connectivity index (χ0n) is 12.4. The highest BCUT2D eigenvalue weighted by atomic mass is 16.4. The second-order valence-corrected chi connectivity index (χ2v) is 5.59. The lowest BCUT2D eigenvalue weighted by Crippen LogP contribution is -2.61. The summed E-state index contributed by atoms with van der Waals surface area (Å²) in [6, 6.07) is -1.59. The molecule has 2 unspecified atom stereocenters. The third kappa shape index (κ3) is 3.28. The van der Waals surface area contributed by atoms with Crippen LogP contribution in [-0.2, 0) is 9.59 Å². The SMILES string of the molecule is CCC1C(=O)NCCN1C(=O)N1CCCCCC1C(=O)O. The molecular formula is C14H23N3O4. The van der Waals surface area contributed by atoms with Crippen molar-refractivity contribution >= 4 is 17.9 Å². The summed E-state index contributed by atoms with van der Waals surface area (Å²) in [7, 11) is 0. The topological polar surface area (TPSA) is 90.0 Å². The van der Waals surface area contributed by atoms with Crippen molar-refractivity contribution in [1.29, 1.82) is 0 Å². The minimum Gasteiger partial charge on any atom is -0.480 e. The lowest BCUT2D eigenvalue weighted by Gasteiger charge is -2.39. The Morgan fingerprint density at radius 2 is 2.00 bits per heavy atom. The van der Waals surface area contributed by atoms with Crippen LogP contribution in [-0.4, -0.2) is 64.5 Å². The van der Waals surface area contributed by atoms with Crippen LogP contribution in [0.5, 0.6) is 0 Å². The van der Waals surface area contributed by atoms with Crippen LogP contribution in [0, 0.1) is 0 Å². The van der Waals surface area contributed by atoms with Gasteiger partial charge in [-0.2, -0.15) is 0 Å². The Labute approximate surface area is 124 Å². The fourth-order valence-electron chi connectivity index (χ4n) is 3.11. The first-order valence-electron chi connectivity index (χ1n) is 7.64. The first-order valence-corrected chi connectivity index (χ1v) is 7.64. The molecule has 2 fully saturated rings. The van der Waals surface area contributed by atoms with E-state index in [0.29, 0.717) is 32.5 Å². The molecule has 0 saturated carbocycles. The van der Waals surface area contributed by atoms with Gasteiger partial charge in [0.25, 0.3) is 0 Å². The average molecular weight is 297 g/mol. The van der Waals surface area contributed by atoms with Gasteiger partial charge in [-0.05, 0) is 19.3 Å². The van der Waals surface area contributed by atoms with Crippen molar-refractivity contribution in [2.24, 2.45) is 0 Å². The summed E-state index contributed by atoms with van der Waals surface area (Å²) in [4.78, 5) is 39.0. The molecule has 7 nitrogen and oxygen atoms in total. The Bertz CT molecular complexity index is 426. The average Bonchev–Trinajstić information content (AvgIpc) is 2.72. The van der Waals surface area contributed by atoms with Crippen LogP contribution in [0.15, 0.2) is 0 Å². The number of carboxylic acid groups (broad SMARTS) is 1. The third-order valence-corrected chi connectivity index (χ3v) is 4.25. The first kappa shape index (κ1) is 15.6. The van der Waals surface area contributed by atoms with Crippen LogP contribution in [0.25, 0.3) is 0 Å². The number of amides is 3. The van der Waals surface area contributed by atoms with Crippen molar-refractivity contribution in [3.8, 4) is 0 Å². The van der Waals surface area contributed by atoms with E-state index in [1.54, 1.807) is 0 Å². The minimum atomic E-state index is -0.959. The lowest BCUT2D eigenvalue weighted by molar-refractivity contribution is -0.142. The molecule has 21 heavy (non-hydrogen) atoms. The normalized spacial score (nSPS) is 27.0. The zero-order valence-corrected chi connectivity index (χ0v) is 12.4. The molecule has 3 amide bonds. The van der Waals surface area contributed by atoms with Crippen LogP contribution in [0.1, 0.15) is 39.0 Å². The molecule has 0 aromatic carbocycles. The Hall–Kier alpha value is -1.79. The number of aliphatic carboxylic acids is 1. The van der Waals surface area contributed by atoms with E-state index in [-0.39, 0.29) is 11.9 Å². The summed E-state index contributed by atoms with van der Waals surface area (Å²) >= 11 is 0. The van der Waals surface area contributed by atoms with E-state index >= 15 is 0 Å². The first-order chi connectivity index (χ1) is 10.1. The van der Waals surface area contributed by atoms with Crippen molar-refractivity contribution in [1.82, 2.24) is 15.1 Å². The van der Waals surface area contributed by atoms with Gasteiger partial charge in [0.15, 0.2) is 0 Å². The number of piperazine rings is 1. The van der Waals surface area contributed by atoms with Gasteiger partial charge in [0, 0.05) is 19.6 Å².